The number of rotatable bonds is 8. The van der Waals surface area contributed by atoms with Crippen LogP contribution in [-0.2, 0) is 29.2 Å². The van der Waals surface area contributed by atoms with Gasteiger partial charge in [0.2, 0.25) is 5.91 Å². The summed E-state index contributed by atoms with van der Waals surface area (Å²) in [6.07, 6.45) is 2.41. The number of aryl methyl sites for hydroxylation is 1. The van der Waals surface area contributed by atoms with E-state index < -0.39 is 11.1 Å². The number of ether oxygens (including phenoxy) is 2. The van der Waals surface area contributed by atoms with Gasteiger partial charge >= 0.3 is 0 Å². The maximum Gasteiger partial charge on any atom is 0.294 e. The number of hydrogen-bond donors (Lipinski definition) is 0. The van der Waals surface area contributed by atoms with Crippen molar-refractivity contribution in [1.29, 1.82) is 0 Å². The maximum atomic E-state index is 13.1. The highest BCUT2D eigenvalue weighted by molar-refractivity contribution is 8.18. The number of fused-ring (bicyclic) bond motifs is 1. The van der Waals surface area contributed by atoms with Gasteiger partial charge in [0.05, 0.1) is 11.5 Å². The van der Waals surface area contributed by atoms with Crippen molar-refractivity contribution in [2.75, 3.05) is 19.7 Å². The molecular formula is C31H30N2O5S. The fraction of sp³-hybridized carbons (Fsp3) is 0.258. The lowest BCUT2D eigenvalue weighted by Crippen LogP contribution is -2.44. The van der Waals surface area contributed by atoms with Gasteiger partial charge in [-0.25, -0.2) is 0 Å². The summed E-state index contributed by atoms with van der Waals surface area (Å²) in [4.78, 5) is 41.7. The molecule has 0 bridgehead atoms. The zero-order valence-electron chi connectivity index (χ0n) is 22.0. The second-order valence-electron chi connectivity index (χ2n) is 9.52. The molecule has 0 aromatic heterocycles. The van der Waals surface area contributed by atoms with E-state index in [-0.39, 0.29) is 17.4 Å². The smallest absolute Gasteiger partial charge is 0.294 e. The van der Waals surface area contributed by atoms with Crippen LogP contribution in [-0.4, -0.2) is 46.5 Å². The molecule has 0 unspecified atom stereocenters. The lowest BCUT2D eigenvalue weighted by Gasteiger charge is -2.29. The molecule has 0 saturated carbocycles. The minimum absolute atomic E-state index is 0.234. The largest absolute Gasteiger partial charge is 0.490 e. The molecule has 3 aromatic carbocycles. The predicted molar refractivity (Wildman–Crippen MR) is 151 cm³/mol. The molecule has 2 aliphatic rings. The summed E-state index contributed by atoms with van der Waals surface area (Å²) in [5.41, 5.74) is 5.26. The minimum Gasteiger partial charge on any atom is -0.490 e. The third kappa shape index (κ3) is 6.17. The van der Waals surface area contributed by atoms with E-state index in [0.29, 0.717) is 43.4 Å². The number of thioether (sulfide) groups is 1. The van der Waals surface area contributed by atoms with E-state index in [0.717, 1.165) is 34.2 Å². The van der Waals surface area contributed by atoms with E-state index in [4.69, 9.17) is 9.47 Å². The van der Waals surface area contributed by atoms with Crippen molar-refractivity contribution in [1.82, 2.24) is 9.80 Å². The van der Waals surface area contributed by atoms with Gasteiger partial charge in [-0.3, -0.25) is 19.3 Å². The second-order valence-corrected chi connectivity index (χ2v) is 10.5. The third-order valence-electron chi connectivity index (χ3n) is 6.73. The van der Waals surface area contributed by atoms with Gasteiger partial charge in [-0.2, -0.15) is 0 Å². The zero-order chi connectivity index (χ0) is 27.4. The van der Waals surface area contributed by atoms with Crippen molar-refractivity contribution in [3.63, 3.8) is 0 Å². The molecule has 2 heterocycles. The Bertz CT molecular complexity index is 1430. The average molecular weight is 543 g/mol. The van der Waals surface area contributed by atoms with Gasteiger partial charge < -0.3 is 14.4 Å². The monoisotopic (exact) mass is 542 g/mol. The Balaban J connectivity index is 1.26. The number of carbonyl (C=O) groups is 3. The van der Waals surface area contributed by atoms with E-state index in [1.807, 2.05) is 62.4 Å². The topological polar surface area (TPSA) is 76.2 Å². The quantitative estimate of drug-likeness (QED) is 0.345. The standard InChI is InChI=1S/C31H30N2O5S/c1-3-37-27-16-23(12-13-26(27)38-20-22-10-8-21(2)9-11-22)17-28-30(35)33(31(36)39-28)19-29(34)32-15-14-24-6-4-5-7-25(24)18-32/h4-13,16-17H,3,14-15,18-20H2,1-2H3/b28-17-. The first kappa shape index (κ1) is 26.6. The highest BCUT2D eigenvalue weighted by Crippen LogP contribution is 2.35. The molecule has 8 heteroatoms. The number of benzene rings is 3. The molecule has 3 aromatic rings. The summed E-state index contributed by atoms with van der Waals surface area (Å²) in [5, 5.41) is -0.444. The summed E-state index contributed by atoms with van der Waals surface area (Å²) in [6.45, 7) is 5.57. The van der Waals surface area contributed by atoms with Crippen LogP contribution in [0.15, 0.2) is 71.6 Å². The van der Waals surface area contributed by atoms with Crippen LogP contribution in [0.5, 0.6) is 11.5 Å². The van der Waals surface area contributed by atoms with Crippen molar-refractivity contribution in [2.45, 2.75) is 33.4 Å². The molecule has 1 saturated heterocycles. The predicted octanol–water partition coefficient (Wildman–Crippen LogP) is 5.59. The van der Waals surface area contributed by atoms with Gasteiger partial charge in [0, 0.05) is 13.1 Å². The molecular weight excluding hydrogens is 512 g/mol. The fourth-order valence-corrected chi connectivity index (χ4v) is 5.42. The van der Waals surface area contributed by atoms with Crippen molar-refractivity contribution in [3.05, 3.63) is 99.5 Å². The van der Waals surface area contributed by atoms with E-state index in [1.165, 1.54) is 11.1 Å². The van der Waals surface area contributed by atoms with Crippen LogP contribution < -0.4 is 9.47 Å². The Morgan fingerprint density at radius 1 is 0.974 bits per heavy atom. The van der Waals surface area contributed by atoms with Gasteiger partial charge in [-0.15, -0.1) is 0 Å². The molecule has 200 valence electrons. The Hall–Kier alpha value is -4.04. The molecule has 0 N–H and O–H groups in total. The molecule has 0 atom stereocenters. The molecule has 7 nitrogen and oxygen atoms in total. The Morgan fingerprint density at radius 2 is 1.74 bits per heavy atom. The molecule has 5 rings (SSSR count). The van der Waals surface area contributed by atoms with Crippen LogP contribution in [0.25, 0.3) is 6.08 Å². The normalized spacial score (nSPS) is 16.0. The van der Waals surface area contributed by atoms with Crippen LogP contribution in [0.4, 0.5) is 4.79 Å². The number of amides is 3. The van der Waals surface area contributed by atoms with E-state index in [1.54, 1.807) is 23.1 Å². The second kappa shape index (κ2) is 11.8. The van der Waals surface area contributed by atoms with Crippen LogP contribution in [0.3, 0.4) is 0 Å². The van der Waals surface area contributed by atoms with Crippen molar-refractivity contribution in [3.8, 4) is 11.5 Å². The fourth-order valence-electron chi connectivity index (χ4n) is 4.58. The summed E-state index contributed by atoms with van der Waals surface area (Å²) in [7, 11) is 0. The van der Waals surface area contributed by atoms with Crippen molar-refractivity contribution >= 4 is 34.9 Å². The average Bonchev–Trinajstić information content (AvgIpc) is 3.20. The van der Waals surface area contributed by atoms with Crippen molar-refractivity contribution < 1.29 is 23.9 Å². The lowest BCUT2D eigenvalue weighted by molar-refractivity contribution is -0.136. The molecule has 3 amide bonds. The van der Waals surface area contributed by atoms with Crippen LogP contribution in [0.1, 0.15) is 34.7 Å². The maximum absolute atomic E-state index is 13.1. The summed E-state index contributed by atoms with van der Waals surface area (Å²) < 4.78 is 11.8. The van der Waals surface area contributed by atoms with E-state index >= 15 is 0 Å². The Morgan fingerprint density at radius 3 is 2.51 bits per heavy atom. The van der Waals surface area contributed by atoms with Gasteiger partial charge in [0.25, 0.3) is 11.1 Å². The Labute approximate surface area is 232 Å². The van der Waals surface area contributed by atoms with E-state index in [9.17, 15) is 14.4 Å². The SMILES string of the molecule is CCOc1cc(/C=C2\SC(=O)N(CC(=O)N3CCc4ccccc4C3)C2=O)ccc1OCc1ccc(C)cc1. The first-order valence-electron chi connectivity index (χ1n) is 13.0. The number of imide groups is 1. The van der Waals surface area contributed by atoms with Gasteiger partial charge in [0.1, 0.15) is 13.2 Å². The lowest BCUT2D eigenvalue weighted by atomic mass is 10.00. The van der Waals surface area contributed by atoms with Gasteiger partial charge in [0.15, 0.2) is 11.5 Å². The number of carbonyl (C=O) groups excluding carboxylic acids is 3. The summed E-state index contributed by atoms with van der Waals surface area (Å²) in [5.74, 6) is 0.449. The molecule has 39 heavy (non-hydrogen) atoms. The Kier molecular flexibility index (Phi) is 8.02. The molecule has 1 fully saturated rings. The third-order valence-corrected chi connectivity index (χ3v) is 7.64. The van der Waals surface area contributed by atoms with Crippen LogP contribution in [0.2, 0.25) is 0 Å². The van der Waals surface area contributed by atoms with Crippen LogP contribution in [0, 0.1) is 6.92 Å². The highest BCUT2D eigenvalue weighted by Gasteiger charge is 2.37. The summed E-state index contributed by atoms with van der Waals surface area (Å²) in [6, 6.07) is 21.5. The molecule has 0 aliphatic carbocycles. The first-order chi connectivity index (χ1) is 18.9. The highest BCUT2D eigenvalue weighted by atomic mass is 32.2. The molecule has 0 radical (unpaired) electrons. The first-order valence-corrected chi connectivity index (χ1v) is 13.8. The number of nitrogens with zero attached hydrogens (tertiary/aromatic N) is 2. The van der Waals surface area contributed by atoms with E-state index in [2.05, 4.69) is 6.07 Å². The number of hydrogen-bond acceptors (Lipinski definition) is 6. The van der Waals surface area contributed by atoms with Gasteiger partial charge in [-0.1, -0.05) is 60.2 Å². The minimum atomic E-state index is -0.464. The molecule has 2 aliphatic heterocycles. The molecule has 0 spiro atoms. The van der Waals surface area contributed by atoms with Crippen molar-refractivity contribution in [2.24, 2.45) is 0 Å². The summed E-state index contributed by atoms with van der Waals surface area (Å²) >= 11 is 0.842. The van der Waals surface area contributed by atoms with Gasteiger partial charge in [-0.05, 0) is 72.5 Å². The zero-order valence-corrected chi connectivity index (χ0v) is 22.8. The van der Waals surface area contributed by atoms with Crippen LogP contribution >= 0.6 is 11.8 Å².